The number of fused-ring (bicyclic) bond motifs is 1. The zero-order valence-corrected chi connectivity index (χ0v) is 8.86. The summed E-state index contributed by atoms with van der Waals surface area (Å²) in [6, 6.07) is 1.93. The van der Waals surface area contributed by atoms with Crippen molar-refractivity contribution in [2.75, 3.05) is 6.61 Å². The minimum absolute atomic E-state index is 0.132. The first kappa shape index (κ1) is 11.7. The van der Waals surface area contributed by atoms with Crippen LogP contribution >= 0.6 is 0 Å². The smallest absolute Gasteiger partial charge is 0.318 e. The first-order valence-electron chi connectivity index (χ1n) is 4.79. The van der Waals surface area contributed by atoms with E-state index in [9.17, 15) is 25.0 Å². The molecule has 0 fully saturated rings. The second-order valence-electron chi connectivity index (χ2n) is 3.49. The molecular weight excluding hydrogens is 244 g/mol. The molecule has 18 heavy (non-hydrogen) atoms. The van der Waals surface area contributed by atoms with Crippen LogP contribution < -0.4 is 4.74 Å². The van der Waals surface area contributed by atoms with Gasteiger partial charge in [0.05, 0.1) is 15.9 Å². The summed E-state index contributed by atoms with van der Waals surface area (Å²) in [7, 11) is 0. The number of nitro groups is 2. The molecule has 92 valence electrons. The molecule has 0 amide bonds. The lowest BCUT2D eigenvalue weighted by Crippen LogP contribution is -2.08. The van der Waals surface area contributed by atoms with Crippen molar-refractivity contribution in [3.8, 4) is 5.75 Å². The van der Waals surface area contributed by atoms with Gasteiger partial charge in [0.25, 0.3) is 5.69 Å². The van der Waals surface area contributed by atoms with E-state index in [4.69, 9.17) is 4.74 Å². The van der Waals surface area contributed by atoms with E-state index in [1.54, 1.807) is 0 Å². The Bertz CT molecular complexity index is 592. The van der Waals surface area contributed by atoms with Gasteiger partial charge in [0.15, 0.2) is 12.4 Å². The van der Waals surface area contributed by atoms with Crippen LogP contribution in [0.1, 0.15) is 5.56 Å². The topological polar surface area (TPSA) is 113 Å². The molecule has 1 aliphatic heterocycles. The van der Waals surface area contributed by atoms with E-state index in [1.807, 2.05) is 0 Å². The molecular formula is C10H6N2O6. The van der Waals surface area contributed by atoms with Gasteiger partial charge in [-0.25, -0.2) is 0 Å². The molecule has 0 atom stereocenters. The molecule has 8 heteroatoms. The minimum atomic E-state index is -0.782. The predicted octanol–water partition coefficient (Wildman–Crippen LogP) is 1.48. The molecule has 0 aliphatic carbocycles. The van der Waals surface area contributed by atoms with Gasteiger partial charge in [-0.05, 0) is 12.2 Å². The molecule has 0 aromatic heterocycles. The summed E-state index contributed by atoms with van der Waals surface area (Å²) in [5.74, 6) is -0.504. The Morgan fingerprint density at radius 3 is 2.44 bits per heavy atom. The van der Waals surface area contributed by atoms with Crippen LogP contribution in [0.5, 0.6) is 5.75 Å². The largest absolute Gasteiger partial charge is 0.478 e. The van der Waals surface area contributed by atoms with Gasteiger partial charge in [-0.2, -0.15) is 0 Å². The van der Waals surface area contributed by atoms with Crippen molar-refractivity contribution in [2.24, 2.45) is 0 Å². The van der Waals surface area contributed by atoms with Crippen molar-refractivity contribution in [3.63, 3.8) is 0 Å². The summed E-state index contributed by atoms with van der Waals surface area (Å²) in [4.78, 5) is 31.1. The maximum Gasteiger partial charge on any atom is 0.318 e. The highest BCUT2D eigenvalue weighted by atomic mass is 16.6. The maximum atomic E-state index is 11.1. The number of rotatable bonds is 2. The van der Waals surface area contributed by atoms with Gasteiger partial charge < -0.3 is 4.74 Å². The SMILES string of the molecule is O=C1C=Cc2cc([N+](=O)[O-])cc([N+](=O)[O-])c2OC1. The lowest BCUT2D eigenvalue weighted by molar-refractivity contribution is -0.394. The van der Waals surface area contributed by atoms with Crippen LogP contribution in [0, 0.1) is 20.2 Å². The molecule has 1 heterocycles. The fraction of sp³-hybridized carbons (Fsp3) is 0.100. The number of carbonyl (C=O) groups is 1. The second kappa shape index (κ2) is 4.24. The van der Waals surface area contributed by atoms with Crippen LogP contribution in [0.15, 0.2) is 18.2 Å². The van der Waals surface area contributed by atoms with E-state index in [1.165, 1.54) is 12.2 Å². The summed E-state index contributed by atoms with van der Waals surface area (Å²) in [5, 5.41) is 21.5. The highest BCUT2D eigenvalue weighted by Gasteiger charge is 2.26. The Morgan fingerprint density at radius 2 is 1.83 bits per heavy atom. The molecule has 0 unspecified atom stereocenters. The normalized spacial score (nSPS) is 13.4. The third kappa shape index (κ3) is 2.03. The van der Waals surface area contributed by atoms with Crippen molar-refractivity contribution >= 4 is 23.2 Å². The van der Waals surface area contributed by atoms with Gasteiger partial charge in [0.1, 0.15) is 0 Å². The van der Waals surface area contributed by atoms with Crippen molar-refractivity contribution in [3.05, 3.63) is 44.0 Å². The Balaban J connectivity index is 2.67. The molecule has 1 aromatic rings. The van der Waals surface area contributed by atoms with Gasteiger partial charge in [0.2, 0.25) is 5.75 Å². The van der Waals surface area contributed by atoms with Crippen molar-refractivity contribution in [2.45, 2.75) is 0 Å². The zero-order valence-electron chi connectivity index (χ0n) is 8.86. The van der Waals surface area contributed by atoms with Crippen molar-refractivity contribution in [1.29, 1.82) is 0 Å². The van der Waals surface area contributed by atoms with Gasteiger partial charge >= 0.3 is 5.69 Å². The van der Waals surface area contributed by atoms with Crippen molar-refractivity contribution < 1.29 is 19.4 Å². The number of nitrogens with zero attached hydrogens (tertiary/aromatic N) is 2. The Morgan fingerprint density at radius 1 is 1.11 bits per heavy atom. The quantitative estimate of drug-likeness (QED) is 0.580. The van der Waals surface area contributed by atoms with E-state index in [0.717, 1.165) is 12.1 Å². The van der Waals surface area contributed by atoms with E-state index >= 15 is 0 Å². The van der Waals surface area contributed by atoms with Crippen molar-refractivity contribution in [1.82, 2.24) is 0 Å². The lowest BCUT2D eigenvalue weighted by atomic mass is 10.1. The average molecular weight is 250 g/mol. The highest BCUT2D eigenvalue weighted by Crippen LogP contribution is 2.37. The van der Waals surface area contributed by atoms with Gasteiger partial charge in [0, 0.05) is 11.6 Å². The first-order valence-corrected chi connectivity index (χ1v) is 4.79. The Hall–Kier alpha value is -2.77. The molecule has 0 saturated carbocycles. The fourth-order valence-corrected chi connectivity index (χ4v) is 1.52. The predicted molar refractivity (Wildman–Crippen MR) is 59.3 cm³/mol. The molecule has 1 aliphatic rings. The molecule has 1 aromatic carbocycles. The molecule has 0 spiro atoms. The van der Waals surface area contributed by atoms with Gasteiger partial charge in [-0.1, -0.05) is 0 Å². The standard InChI is InChI=1S/C10H6N2O6/c13-8-2-1-6-3-7(11(14)15)4-9(12(16)17)10(6)18-5-8/h1-4H,5H2. The molecule has 0 saturated heterocycles. The van der Waals surface area contributed by atoms with Crippen LogP contribution in [-0.2, 0) is 4.79 Å². The van der Waals surface area contributed by atoms with Gasteiger partial charge in [-0.3, -0.25) is 25.0 Å². The lowest BCUT2D eigenvalue weighted by Gasteiger charge is -2.06. The Labute approximate surface area is 99.8 Å². The van der Waals surface area contributed by atoms with Gasteiger partial charge in [-0.15, -0.1) is 0 Å². The first-order chi connectivity index (χ1) is 8.49. The number of ether oxygens (including phenoxy) is 1. The third-order valence-electron chi connectivity index (χ3n) is 2.30. The average Bonchev–Trinajstić information content (AvgIpc) is 2.50. The maximum absolute atomic E-state index is 11.1. The van der Waals surface area contributed by atoms with E-state index in [0.29, 0.717) is 0 Å². The second-order valence-corrected chi connectivity index (χ2v) is 3.49. The number of benzene rings is 1. The third-order valence-corrected chi connectivity index (χ3v) is 2.30. The van der Waals surface area contributed by atoms with Crippen LogP contribution in [0.25, 0.3) is 6.08 Å². The number of ketones is 1. The number of hydrogen-bond acceptors (Lipinski definition) is 6. The number of non-ortho nitro benzene ring substituents is 1. The molecule has 0 radical (unpaired) electrons. The number of hydrogen-bond donors (Lipinski definition) is 0. The molecule has 2 rings (SSSR count). The minimum Gasteiger partial charge on any atom is -0.478 e. The van der Waals surface area contributed by atoms with Crippen LogP contribution in [-0.4, -0.2) is 22.2 Å². The monoisotopic (exact) mass is 250 g/mol. The molecule has 0 bridgehead atoms. The van der Waals surface area contributed by atoms with E-state index in [2.05, 4.69) is 0 Å². The molecule has 8 nitrogen and oxygen atoms in total. The number of nitro benzene ring substituents is 2. The van der Waals surface area contributed by atoms with Crippen LogP contribution in [0.4, 0.5) is 11.4 Å². The van der Waals surface area contributed by atoms with Crippen LogP contribution in [0.2, 0.25) is 0 Å². The summed E-state index contributed by atoms with van der Waals surface area (Å²) in [6.45, 7) is -0.331. The highest BCUT2D eigenvalue weighted by molar-refractivity contribution is 5.96. The summed E-state index contributed by atoms with van der Waals surface area (Å²) in [5.41, 5.74) is -0.816. The zero-order chi connectivity index (χ0) is 13.3. The Kier molecular flexibility index (Phi) is 2.76. The molecule has 0 N–H and O–H groups in total. The number of carbonyl (C=O) groups excluding carboxylic acids is 1. The van der Waals surface area contributed by atoms with Crippen LogP contribution in [0.3, 0.4) is 0 Å². The summed E-state index contributed by atoms with van der Waals surface area (Å²) < 4.78 is 5.01. The summed E-state index contributed by atoms with van der Waals surface area (Å²) in [6.07, 6.45) is 2.43. The van der Waals surface area contributed by atoms with E-state index in [-0.39, 0.29) is 23.7 Å². The van der Waals surface area contributed by atoms with E-state index < -0.39 is 21.2 Å². The summed E-state index contributed by atoms with van der Waals surface area (Å²) >= 11 is 0. The fourth-order valence-electron chi connectivity index (χ4n) is 1.52.